The number of hydrogen-bond acceptors (Lipinski definition) is 6. The Balaban J connectivity index is 2.18. The molecule has 1 amide bonds. The Morgan fingerprint density at radius 2 is 1.93 bits per heavy atom. The van der Waals surface area contributed by atoms with E-state index in [9.17, 15) is 13.2 Å². The highest BCUT2D eigenvalue weighted by atomic mass is 32.2. The summed E-state index contributed by atoms with van der Waals surface area (Å²) < 4.78 is 31.2. The molecule has 0 aromatic heterocycles. The number of nitrogens with one attached hydrogen (secondary N) is 1. The summed E-state index contributed by atoms with van der Waals surface area (Å²) in [6.45, 7) is 6.03. The molecular formula is C19H26N2O5S. The molecule has 1 aromatic carbocycles. The second-order valence-electron chi connectivity index (χ2n) is 6.60. The molecule has 1 aliphatic rings. The van der Waals surface area contributed by atoms with Crippen LogP contribution in [0.2, 0.25) is 0 Å². The molecule has 148 valence electrons. The highest BCUT2D eigenvalue weighted by Crippen LogP contribution is 2.35. The number of ether oxygens (including phenoxy) is 1. The van der Waals surface area contributed by atoms with E-state index in [4.69, 9.17) is 9.94 Å². The Morgan fingerprint density at radius 3 is 2.44 bits per heavy atom. The number of hydroxylamine groups is 1. The van der Waals surface area contributed by atoms with E-state index in [1.165, 1.54) is 12.1 Å². The van der Waals surface area contributed by atoms with Crippen molar-refractivity contribution in [3.8, 4) is 17.6 Å². The van der Waals surface area contributed by atoms with Crippen molar-refractivity contribution in [3.63, 3.8) is 0 Å². The van der Waals surface area contributed by atoms with Crippen LogP contribution in [0.15, 0.2) is 29.2 Å². The predicted molar refractivity (Wildman–Crippen MR) is 101 cm³/mol. The maximum Gasteiger partial charge on any atom is 0.250 e. The molecule has 0 spiro atoms. The van der Waals surface area contributed by atoms with Crippen molar-refractivity contribution in [1.82, 2.24) is 10.4 Å². The Kier molecular flexibility index (Phi) is 7.25. The van der Waals surface area contributed by atoms with Gasteiger partial charge in [-0.05, 0) is 63.7 Å². The van der Waals surface area contributed by atoms with Gasteiger partial charge in [0.05, 0.1) is 16.1 Å². The molecule has 8 heteroatoms. The fraction of sp³-hybridized carbons (Fsp3) is 0.526. The van der Waals surface area contributed by atoms with E-state index in [2.05, 4.69) is 16.7 Å². The summed E-state index contributed by atoms with van der Waals surface area (Å²) in [5.41, 5.74) is 0.532. The zero-order valence-electron chi connectivity index (χ0n) is 15.7. The molecule has 2 N–H and O–H groups in total. The summed E-state index contributed by atoms with van der Waals surface area (Å²) in [7, 11) is -3.71. The van der Waals surface area contributed by atoms with Crippen LogP contribution in [0.25, 0.3) is 0 Å². The number of sulfone groups is 1. The molecule has 0 radical (unpaired) electrons. The van der Waals surface area contributed by atoms with Crippen LogP contribution in [0.4, 0.5) is 0 Å². The van der Waals surface area contributed by atoms with Gasteiger partial charge in [0.1, 0.15) is 12.4 Å². The van der Waals surface area contributed by atoms with Crippen LogP contribution in [0.5, 0.6) is 5.75 Å². The van der Waals surface area contributed by atoms with Crippen molar-refractivity contribution in [1.29, 1.82) is 0 Å². The van der Waals surface area contributed by atoms with Gasteiger partial charge in [-0.1, -0.05) is 12.8 Å². The molecule has 1 aliphatic heterocycles. The molecule has 0 saturated carbocycles. The van der Waals surface area contributed by atoms with Crippen LogP contribution < -0.4 is 10.2 Å². The number of benzene rings is 1. The Labute approximate surface area is 160 Å². The summed E-state index contributed by atoms with van der Waals surface area (Å²) >= 11 is 0. The van der Waals surface area contributed by atoms with Crippen LogP contribution >= 0.6 is 0 Å². The van der Waals surface area contributed by atoms with Crippen LogP contribution in [0.1, 0.15) is 26.7 Å². The lowest BCUT2D eigenvalue weighted by atomic mass is 9.79. The first-order valence-electron chi connectivity index (χ1n) is 8.89. The zero-order chi connectivity index (χ0) is 19.9. The molecule has 2 rings (SSSR count). The summed E-state index contributed by atoms with van der Waals surface area (Å²) in [4.78, 5) is 14.6. The molecular weight excluding hydrogens is 368 g/mol. The molecule has 7 nitrogen and oxygen atoms in total. The van der Waals surface area contributed by atoms with Gasteiger partial charge in [-0.15, -0.1) is 5.92 Å². The maximum absolute atomic E-state index is 12.9. The molecule has 1 fully saturated rings. The lowest BCUT2D eigenvalue weighted by Crippen LogP contribution is -2.51. The average molecular weight is 394 g/mol. The van der Waals surface area contributed by atoms with Crippen molar-refractivity contribution in [3.05, 3.63) is 24.3 Å². The van der Waals surface area contributed by atoms with Crippen LogP contribution in [-0.2, 0) is 14.6 Å². The number of rotatable bonds is 7. The van der Waals surface area contributed by atoms with Crippen molar-refractivity contribution in [2.24, 2.45) is 5.41 Å². The minimum Gasteiger partial charge on any atom is -0.481 e. The molecule has 27 heavy (non-hydrogen) atoms. The summed E-state index contributed by atoms with van der Waals surface area (Å²) in [5, 5.41) is 9.15. The first-order chi connectivity index (χ1) is 12.9. The summed E-state index contributed by atoms with van der Waals surface area (Å²) in [6.07, 6.45) is 0.757. The van der Waals surface area contributed by atoms with Crippen molar-refractivity contribution in [2.45, 2.75) is 31.6 Å². The molecule has 1 aromatic rings. The van der Waals surface area contributed by atoms with E-state index in [0.717, 1.165) is 6.54 Å². The van der Waals surface area contributed by atoms with Crippen molar-refractivity contribution < 1.29 is 23.2 Å². The predicted octanol–water partition coefficient (Wildman–Crippen LogP) is 1.47. The number of carbonyl (C=O) groups excluding carboxylic acids is 1. The van der Waals surface area contributed by atoms with Crippen molar-refractivity contribution in [2.75, 3.05) is 32.0 Å². The van der Waals surface area contributed by atoms with Gasteiger partial charge in [-0.2, -0.15) is 0 Å². The Bertz CT molecular complexity index is 801. The number of carbonyl (C=O) groups is 1. The number of amides is 1. The third-order valence-electron chi connectivity index (χ3n) is 4.98. The monoisotopic (exact) mass is 394 g/mol. The number of piperidine rings is 1. The van der Waals surface area contributed by atoms with Gasteiger partial charge in [-0.25, -0.2) is 13.9 Å². The zero-order valence-corrected chi connectivity index (χ0v) is 16.5. The molecule has 0 unspecified atom stereocenters. The van der Waals surface area contributed by atoms with E-state index in [1.807, 2.05) is 6.92 Å². The van der Waals surface area contributed by atoms with E-state index in [1.54, 1.807) is 24.5 Å². The second kappa shape index (κ2) is 9.22. The minimum absolute atomic E-state index is 0.125. The van der Waals surface area contributed by atoms with Gasteiger partial charge in [-0.3, -0.25) is 10.0 Å². The highest BCUT2D eigenvalue weighted by Gasteiger charge is 2.45. The van der Waals surface area contributed by atoms with E-state index in [-0.39, 0.29) is 17.3 Å². The fourth-order valence-corrected chi connectivity index (χ4v) is 5.10. The normalized spacial score (nSPS) is 16.9. The second-order valence-corrected chi connectivity index (χ2v) is 8.59. The number of hydrogen-bond donors (Lipinski definition) is 2. The van der Waals surface area contributed by atoms with Gasteiger partial charge in [0.15, 0.2) is 9.84 Å². The fourth-order valence-electron chi connectivity index (χ4n) is 3.23. The maximum atomic E-state index is 12.9. The third-order valence-corrected chi connectivity index (χ3v) is 6.90. The van der Waals surface area contributed by atoms with Gasteiger partial charge in [0, 0.05) is 0 Å². The first-order valence-corrected chi connectivity index (χ1v) is 10.5. The molecule has 0 atom stereocenters. The largest absolute Gasteiger partial charge is 0.481 e. The molecule has 0 aliphatic carbocycles. The molecule has 0 bridgehead atoms. The third kappa shape index (κ3) is 5.22. The Hall–Kier alpha value is -2.08. The number of likely N-dealkylation sites (tertiary alicyclic amines) is 1. The standard InChI is InChI=1S/C19H26N2O5S/c1-3-5-14-26-16-6-8-17(9-7-16)27(24,25)15-19(18(22)20-23)10-12-21(4-2)13-11-19/h6-9,23H,4,10-15H2,1-2H3,(H,20,22). The lowest BCUT2D eigenvalue weighted by molar-refractivity contribution is -0.141. The van der Waals surface area contributed by atoms with E-state index >= 15 is 0 Å². The Morgan fingerprint density at radius 1 is 1.30 bits per heavy atom. The number of nitrogens with zero attached hydrogens (tertiary/aromatic N) is 1. The molecule has 1 saturated heterocycles. The summed E-state index contributed by atoms with van der Waals surface area (Å²) in [5.74, 6) is 5.02. The van der Waals surface area contributed by atoms with Crippen LogP contribution in [-0.4, -0.2) is 56.4 Å². The molecule has 1 heterocycles. The van der Waals surface area contributed by atoms with Gasteiger partial charge in [0.25, 0.3) is 5.91 Å². The van der Waals surface area contributed by atoms with Gasteiger partial charge < -0.3 is 9.64 Å². The smallest absolute Gasteiger partial charge is 0.250 e. The van der Waals surface area contributed by atoms with E-state index in [0.29, 0.717) is 31.7 Å². The van der Waals surface area contributed by atoms with Crippen LogP contribution in [0, 0.1) is 17.3 Å². The average Bonchev–Trinajstić information content (AvgIpc) is 2.68. The SMILES string of the molecule is CC#CCOc1ccc(S(=O)(=O)CC2(C(=O)NO)CCN(CC)CC2)cc1. The van der Waals surface area contributed by atoms with Crippen molar-refractivity contribution >= 4 is 15.7 Å². The van der Waals surface area contributed by atoms with E-state index < -0.39 is 21.2 Å². The highest BCUT2D eigenvalue weighted by molar-refractivity contribution is 7.91. The lowest BCUT2D eigenvalue weighted by Gasteiger charge is -2.39. The van der Waals surface area contributed by atoms with Crippen LogP contribution in [0.3, 0.4) is 0 Å². The minimum atomic E-state index is -3.71. The summed E-state index contributed by atoms with van der Waals surface area (Å²) in [6, 6.07) is 6.08. The van der Waals surface area contributed by atoms with Gasteiger partial charge in [0.2, 0.25) is 0 Å². The van der Waals surface area contributed by atoms with Gasteiger partial charge >= 0.3 is 0 Å². The quantitative estimate of drug-likeness (QED) is 0.413. The topological polar surface area (TPSA) is 95.9 Å². The first kappa shape index (κ1) is 21.2.